The summed E-state index contributed by atoms with van der Waals surface area (Å²) in [5.41, 5.74) is 1.11. The van der Waals surface area contributed by atoms with Crippen LogP contribution in [0, 0.1) is 18.2 Å². The third-order valence-corrected chi connectivity index (χ3v) is 9.74. The average molecular weight is 617 g/mol. The first kappa shape index (κ1) is 29.4. The highest BCUT2D eigenvalue weighted by Crippen LogP contribution is 2.52. The Morgan fingerprint density at radius 3 is 2.52 bits per heavy atom. The quantitative estimate of drug-likeness (QED) is 0.250. The largest absolute Gasteiger partial charge is 0.506 e. The molecule has 1 atom stereocenters. The van der Waals surface area contributed by atoms with Gasteiger partial charge in [-0.2, -0.15) is 8.42 Å². The summed E-state index contributed by atoms with van der Waals surface area (Å²) in [6.45, 7) is 5.75. The van der Waals surface area contributed by atoms with E-state index in [2.05, 4.69) is 10.3 Å². The Labute approximate surface area is 255 Å². The van der Waals surface area contributed by atoms with Crippen molar-refractivity contribution >= 4 is 27.2 Å². The third-order valence-electron chi connectivity index (χ3n) is 8.09. The van der Waals surface area contributed by atoms with Gasteiger partial charge in [-0.15, -0.1) is 0 Å². The Morgan fingerprint density at radius 2 is 1.84 bits per heavy atom. The molecule has 9 nitrogen and oxygen atoms in total. The van der Waals surface area contributed by atoms with Crippen LogP contribution in [0.4, 0.5) is 15.8 Å². The van der Waals surface area contributed by atoms with Crippen LogP contribution in [-0.4, -0.2) is 28.9 Å². The van der Waals surface area contributed by atoms with Gasteiger partial charge in [-0.05, 0) is 48.6 Å². The standard InChI is InChI=1S/C33H33FN4O5S/c1-20-35-29(18-37(20)4)44(41,42)38-26-11-8-12-27(39)31(26)36-25-16-33(2,3)17-28(40)30(25)32(38)23-14-13-22(15-24(23)34)43-19-21-9-6-5-7-10-21/h5-15,18,32,36,39H,16-17,19H2,1-4H3. The molecule has 228 valence electrons. The molecule has 2 aliphatic rings. The maximum absolute atomic E-state index is 16.3. The monoisotopic (exact) mass is 616 g/mol. The molecular weight excluding hydrogens is 583 g/mol. The molecule has 1 unspecified atom stereocenters. The topological polar surface area (TPSA) is 114 Å². The molecule has 2 heterocycles. The number of nitrogens with one attached hydrogen (secondary N) is 1. The van der Waals surface area contributed by atoms with Crippen LogP contribution >= 0.6 is 0 Å². The van der Waals surface area contributed by atoms with Crippen molar-refractivity contribution in [1.29, 1.82) is 0 Å². The lowest BCUT2D eigenvalue weighted by molar-refractivity contribution is -0.118. The summed E-state index contributed by atoms with van der Waals surface area (Å²) in [7, 11) is -2.85. The number of carbonyl (C=O) groups is 1. The second-order valence-electron chi connectivity index (χ2n) is 12.0. The number of nitrogens with zero attached hydrogens (tertiary/aromatic N) is 3. The third kappa shape index (κ3) is 5.21. The van der Waals surface area contributed by atoms with Crippen molar-refractivity contribution in [2.24, 2.45) is 12.5 Å². The van der Waals surface area contributed by atoms with Gasteiger partial charge in [0, 0.05) is 42.6 Å². The predicted octanol–water partition coefficient (Wildman–Crippen LogP) is 6.16. The number of rotatable bonds is 6. The first-order valence-electron chi connectivity index (χ1n) is 14.2. The Morgan fingerprint density at radius 1 is 1.09 bits per heavy atom. The molecule has 1 aliphatic heterocycles. The normalized spacial score (nSPS) is 17.9. The number of halogens is 1. The lowest BCUT2D eigenvalue weighted by atomic mass is 9.73. The van der Waals surface area contributed by atoms with Gasteiger partial charge in [-0.1, -0.05) is 50.2 Å². The second-order valence-corrected chi connectivity index (χ2v) is 13.8. The molecule has 0 amide bonds. The van der Waals surface area contributed by atoms with Crippen molar-refractivity contribution in [2.45, 2.75) is 51.3 Å². The van der Waals surface area contributed by atoms with E-state index in [1.54, 1.807) is 24.6 Å². The van der Waals surface area contributed by atoms with Crippen molar-refractivity contribution in [2.75, 3.05) is 9.62 Å². The summed E-state index contributed by atoms with van der Waals surface area (Å²) in [4.78, 5) is 18.3. The minimum atomic E-state index is -4.52. The molecule has 0 fully saturated rings. The molecule has 0 saturated heterocycles. The number of benzene rings is 3. The summed E-state index contributed by atoms with van der Waals surface area (Å²) < 4.78 is 53.9. The number of carbonyl (C=O) groups excluding carboxylic acids is 1. The Bertz CT molecular complexity index is 1900. The van der Waals surface area contributed by atoms with E-state index in [1.807, 2.05) is 44.2 Å². The molecule has 0 saturated carbocycles. The molecule has 0 bridgehead atoms. The van der Waals surface area contributed by atoms with Crippen LogP contribution in [0.15, 0.2) is 89.2 Å². The minimum Gasteiger partial charge on any atom is -0.506 e. The molecule has 0 radical (unpaired) electrons. The number of hydrogen-bond donors (Lipinski definition) is 2. The van der Waals surface area contributed by atoms with Crippen molar-refractivity contribution in [3.05, 3.63) is 107 Å². The Hall–Kier alpha value is -4.64. The van der Waals surface area contributed by atoms with E-state index in [1.165, 1.54) is 36.5 Å². The lowest BCUT2D eigenvalue weighted by Crippen LogP contribution is -2.40. The van der Waals surface area contributed by atoms with E-state index in [0.717, 1.165) is 9.87 Å². The van der Waals surface area contributed by atoms with Crippen molar-refractivity contribution in [3.8, 4) is 11.5 Å². The summed E-state index contributed by atoms with van der Waals surface area (Å²) in [6, 6.07) is 16.7. The van der Waals surface area contributed by atoms with Gasteiger partial charge < -0.3 is 19.7 Å². The van der Waals surface area contributed by atoms with Gasteiger partial charge in [0.05, 0.1) is 5.69 Å². The highest BCUT2D eigenvalue weighted by atomic mass is 32.2. The molecule has 2 N–H and O–H groups in total. The molecule has 1 aliphatic carbocycles. The number of phenols is 1. The number of allylic oxidation sites excluding steroid dienone is 1. The smallest absolute Gasteiger partial charge is 0.284 e. The number of aromatic hydroxyl groups is 1. The van der Waals surface area contributed by atoms with Crippen molar-refractivity contribution in [1.82, 2.24) is 9.55 Å². The zero-order valence-electron chi connectivity index (χ0n) is 24.8. The maximum atomic E-state index is 16.3. The van der Waals surface area contributed by atoms with Gasteiger partial charge >= 0.3 is 0 Å². The molecule has 44 heavy (non-hydrogen) atoms. The summed E-state index contributed by atoms with van der Waals surface area (Å²) in [5.74, 6) is -0.577. The summed E-state index contributed by atoms with van der Waals surface area (Å²) >= 11 is 0. The van der Waals surface area contributed by atoms with Crippen molar-refractivity contribution in [3.63, 3.8) is 0 Å². The number of ether oxygens (including phenoxy) is 1. The van der Waals surface area contributed by atoms with E-state index in [-0.39, 0.29) is 57.8 Å². The number of Topliss-reactive ketones (excluding diaryl/α,β-unsaturated/α-hetero) is 1. The molecule has 0 spiro atoms. The van der Waals surface area contributed by atoms with Crippen molar-refractivity contribution < 1.29 is 27.4 Å². The van der Waals surface area contributed by atoms with Gasteiger partial charge in [-0.25, -0.2) is 9.37 Å². The number of anilines is 2. The van der Waals surface area contributed by atoms with Gasteiger partial charge in [0.15, 0.2) is 10.8 Å². The zero-order chi connectivity index (χ0) is 31.4. The SMILES string of the molecule is Cc1nc(S(=O)(=O)N2c3cccc(O)c3NC3=C(C(=O)CC(C)(C)C3)C2c2ccc(OCc3ccccc3)cc2F)cn1C. The van der Waals surface area contributed by atoms with Gasteiger partial charge in [-0.3, -0.25) is 9.10 Å². The number of sulfonamides is 1. The second kappa shape index (κ2) is 10.8. The van der Waals surface area contributed by atoms with Crippen LogP contribution in [0.1, 0.15) is 49.7 Å². The number of aryl methyl sites for hydroxylation is 2. The summed E-state index contributed by atoms with van der Waals surface area (Å²) in [6.07, 6.45) is 1.87. The Balaban J connectivity index is 1.57. The first-order chi connectivity index (χ1) is 20.9. The zero-order valence-corrected chi connectivity index (χ0v) is 25.7. The highest BCUT2D eigenvalue weighted by molar-refractivity contribution is 7.92. The first-order valence-corrected chi connectivity index (χ1v) is 15.7. The predicted molar refractivity (Wildman–Crippen MR) is 164 cm³/mol. The van der Waals surface area contributed by atoms with Crippen LogP contribution in [-0.2, 0) is 28.5 Å². The van der Waals surface area contributed by atoms with Crippen LogP contribution in [0.3, 0.4) is 0 Å². The van der Waals surface area contributed by atoms with Crippen LogP contribution < -0.4 is 14.4 Å². The van der Waals surface area contributed by atoms with E-state index in [4.69, 9.17) is 4.74 Å². The van der Waals surface area contributed by atoms with E-state index >= 15 is 4.39 Å². The van der Waals surface area contributed by atoms with E-state index < -0.39 is 27.3 Å². The molecular formula is C33H33FN4O5S. The number of hydrogen-bond acceptors (Lipinski definition) is 7. The number of aromatic nitrogens is 2. The fourth-order valence-corrected chi connectivity index (χ4v) is 7.52. The number of ketones is 1. The van der Waals surface area contributed by atoms with E-state index in [0.29, 0.717) is 17.9 Å². The highest BCUT2D eigenvalue weighted by Gasteiger charge is 2.47. The molecule has 3 aromatic carbocycles. The van der Waals surface area contributed by atoms with Crippen LogP contribution in [0.5, 0.6) is 11.5 Å². The fraction of sp³-hybridized carbons (Fsp3) is 0.273. The number of fused-ring (bicyclic) bond motifs is 1. The van der Waals surface area contributed by atoms with Gasteiger partial charge in [0.1, 0.15) is 41.5 Å². The molecule has 4 aromatic rings. The molecule has 1 aromatic heterocycles. The lowest BCUT2D eigenvalue weighted by Gasteiger charge is -2.37. The van der Waals surface area contributed by atoms with Crippen LogP contribution in [0.25, 0.3) is 0 Å². The fourth-order valence-electron chi connectivity index (χ4n) is 5.87. The maximum Gasteiger partial charge on any atom is 0.284 e. The number of para-hydroxylation sites is 1. The van der Waals surface area contributed by atoms with Crippen LogP contribution in [0.2, 0.25) is 0 Å². The van der Waals surface area contributed by atoms with Gasteiger partial charge in [0.2, 0.25) is 0 Å². The van der Waals surface area contributed by atoms with E-state index in [9.17, 15) is 18.3 Å². The Kier molecular flexibility index (Phi) is 7.23. The van der Waals surface area contributed by atoms with Gasteiger partial charge in [0.25, 0.3) is 10.0 Å². The summed E-state index contributed by atoms with van der Waals surface area (Å²) in [5, 5.41) is 13.9. The molecule has 11 heteroatoms. The number of imidazole rings is 1. The average Bonchev–Trinajstić information content (AvgIpc) is 3.23. The number of phenolic OH excluding ortho intramolecular Hbond substituents is 1. The minimum absolute atomic E-state index is 0.0353. The molecule has 6 rings (SSSR count).